The quantitative estimate of drug-likeness (QED) is 0.698. The van der Waals surface area contributed by atoms with Crippen molar-refractivity contribution >= 4 is 11.9 Å². The molecule has 7 nitrogen and oxygen atoms in total. The number of pyridine rings is 1. The van der Waals surface area contributed by atoms with E-state index in [1.165, 1.54) is 12.8 Å². The van der Waals surface area contributed by atoms with Gasteiger partial charge in [0.25, 0.3) is 5.91 Å². The van der Waals surface area contributed by atoms with Crippen LogP contribution in [0.4, 0.5) is 0 Å². The van der Waals surface area contributed by atoms with Crippen LogP contribution in [0.5, 0.6) is 5.75 Å². The van der Waals surface area contributed by atoms with Crippen molar-refractivity contribution in [2.75, 3.05) is 19.7 Å². The molecule has 3 rings (SSSR count). The zero-order valence-electron chi connectivity index (χ0n) is 13.6. The molecule has 0 saturated heterocycles. The van der Waals surface area contributed by atoms with Crippen LogP contribution in [-0.4, -0.2) is 58.6 Å². The highest BCUT2D eigenvalue weighted by atomic mass is 16.5. The monoisotopic (exact) mass is 333 g/mol. The van der Waals surface area contributed by atoms with Crippen LogP contribution in [0.15, 0.2) is 24.5 Å². The van der Waals surface area contributed by atoms with Crippen molar-refractivity contribution in [3.05, 3.63) is 24.5 Å². The number of ether oxygens (including phenoxy) is 1. The number of nitrogens with zero attached hydrogens (tertiary/aromatic N) is 2. The molecule has 0 atom stereocenters. The summed E-state index contributed by atoms with van der Waals surface area (Å²) < 4.78 is 5.36. The molecular formula is C17H23N3O4. The smallest absolute Gasteiger partial charge is 0.317 e. The third kappa shape index (κ3) is 4.92. The molecule has 2 saturated carbocycles. The van der Waals surface area contributed by atoms with Gasteiger partial charge in [-0.1, -0.05) is 0 Å². The van der Waals surface area contributed by atoms with Crippen molar-refractivity contribution in [3.63, 3.8) is 0 Å². The molecule has 0 unspecified atom stereocenters. The van der Waals surface area contributed by atoms with Crippen LogP contribution < -0.4 is 10.1 Å². The lowest BCUT2D eigenvalue weighted by molar-refractivity contribution is -0.140. The number of aliphatic carboxylic acids is 1. The Kier molecular flexibility index (Phi) is 5.30. The van der Waals surface area contributed by atoms with Gasteiger partial charge in [0.2, 0.25) is 0 Å². The van der Waals surface area contributed by atoms with Crippen molar-refractivity contribution in [2.24, 2.45) is 5.92 Å². The number of nitrogens with one attached hydrogen (secondary N) is 1. The summed E-state index contributed by atoms with van der Waals surface area (Å²) in [5.41, 5.74) is 0. The molecule has 2 N–H and O–H groups in total. The van der Waals surface area contributed by atoms with Gasteiger partial charge in [0.15, 0.2) is 6.61 Å². The average molecular weight is 333 g/mol. The minimum atomic E-state index is -0.784. The fourth-order valence-corrected chi connectivity index (χ4v) is 3.00. The molecule has 2 fully saturated rings. The Hall–Kier alpha value is -2.15. The predicted octanol–water partition coefficient (Wildman–Crippen LogP) is 0.904. The van der Waals surface area contributed by atoms with Gasteiger partial charge in [-0.2, -0.15) is 0 Å². The number of rotatable bonds is 9. The van der Waals surface area contributed by atoms with Gasteiger partial charge in [-0.3, -0.25) is 19.5 Å². The van der Waals surface area contributed by atoms with Crippen molar-refractivity contribution in [1.82, 2.24) is 15.2 Å². The first-order valence-electron chi connectivity index (χ1n) is 8.38. The maximum Gasteiger partial charge on any atom is 0.317 e. The van der Waals surface area contributed by atoms with E-state index in [0.29, 0.717) is 11.7 Å². The van der Waals surface area contributed by atoms with Gasteiger partial charge < -0.3 is 15.2 Å². The normalized spacial score (nSPS) is 22.7. The average Bonchev–Trinajstić information content (AvgIpc) is 3.32. The number of amides is 1. The zero-order chi connectivity index (χ0) is 16.9. The van der Waals surface area contributed by atoms with Crippen LogP contribution >= 0.6 is 0 Å². The topological polar surface area (TPSA) is 91.8 Å². The van der Waals surface area contributed by atoms with Gasteiger partial charge in [0.05, 0.1) is 12.7 Å². The van der Waals surface area contributed by atoms with Gasteiger partial charge in [0.1, 0.15) is 5.75 Å². The van der Waals surface area contributed by atoms with Crippen LogP contribution in [-0.2, 0) is 9.59 Å². The van der Waals surface area contributed by atoms with Gasteiger partial charge in [-0.25, -0.2) is 0 Å². The van der Waals surface area contributed by atoms with E-state index in [4.69, 9.17) is 9.84 Å². The van der Waals surface area contributed by atoms with Gasteiger partial charge in [-0.15, -0.1) is 0 Å². The van der Waals surface area contributed by atoms with Crippen molar-refractivity contribution < 1.29 is 19.4 Å². The number of hydrogen-bond donors (Lipinski definition) is 2. The highest BCUT2D eigenvalue weighted by Gasteiger charge is 2.37. The van der Waals surface area contributed by atoms with Gasteiger partial charge in [-0.05, 0) is 43.7 Å². The summed E-state index contributed by atoms with van der Waals surface area (Å²) in [5, 5.41) is 12.0. The lowest BCUT2D eigenvalue weighted by Crippen LogP contribution is -2.55. The zero-order valence-corrected chi connectivity index (χ0v) is 13.6. The van der Waals surface area contributed by atoms with Gasteiger partial charge >= 0.3 is 5.97 Å². The molecule has 1 aromatic heterocycles. The first kappa shape index (κ1) is 16.7. The third-order valence-corrected chi connectivity index (χ3v) is 4.53. The highest BCUT2D eigenvalue weighted by molar-refractivity contribution is 5.78. The van der Waals surface area contributed by atoms with Gasteiger partial charge in [0, 0.05) is 24.8 Å². The van der Waals surface area contributed by atoms with E-state index in [1.54, 1.807) is 24.5 Å². The predicted molar refractivity (Wildman–Crippen MR) is 86.6 cm³/mol. The van der Waals surface area contributed by atoms with E-state index in [9.17, 15) is 9.59 Å². The van der Waals surface area contributed by atoms with Crippen LogP contribution in [0.2, 0.25) is 0 Å². The molecule has 7 heteroatoms. The molecule has 130 valence electrons. The number of aromatic nitrogens is 1. The van der Waals surface area contributed by atoms with E-state index < -0.39 is 5.97 Å². The molecule has 2 aliphatic rings. The SMILES string of the molecule is O=C(O)CN(CC1CC1)C1CC(NC(=O)COc2cccnc2)C1. The fourth-order valence-electron chi connectivity index (χ4n) is 3.00. The molecule has 0 bridgehead atoms. The first-order valence-corrected chi connectivity index (χ1v) is 8.38. The van der Waals surface area contributed by atoms with Crippen molar-refractivity contribution in [1.29, 1.82) is 0 Å². The highest BCUT2D eigenvalue weighted by Crippen LogP contribution is 2.33. The summed E-state index contributed by atoms with van der Waals surface area (Å²) in [4.78, 5) is 28.9. The summed E-state index contributed by atoms with van der Waals surface area (Å²) in [5.74, 6) is 0.282. The summed E-state index contributed by atoms with van der Waals surface area (Å²) in [7, 11) is 0. The molecule has 0 aromatic carbocycles. The molecule has 1 heterocycles. The molecule has 0 spiro atoms. The molecule has 24 heavy (non-hydrogen) atoms. The van der Waals surface area contributed by atoms with Crippen LogP contribution in [0.1, 0.15) is 25.7 Å². The maximum absolute atomic E-state index is 11.9. The Morgan fingerprint density at radius 2 is 2.17 bits per heavy atom. The Morgan fingerprint density at radius 3 is 2.79 bits per heavy atom. The Bertz CT molecular complexity index is 570. The second-order valence-electron chi connectivity index (χ2n) is 6.63. The standard InChI is InChI=1S/C17H23N3O4/c21-16(11-24-15-2-1-5-18-8-15)19-13-6-14(7-13)20(10-17(22)23)9-12-3-4-12/h1-2,5,8,12-14H,3-4,6-7,9-11H2,(H,19,21)(H,22,23). The molecule has 2 aliphatic carbocycles. The van der Waals surface area contributed by atoms with Crippen LogP contribution in [0, 0.1) is 5.92 Å². The molecule has 0 radical (unpaired) electrons. The lowest BCUT2D eigenvalue weighted by atomic mass is 9.85. The molecule has 1 amide bonds. The van der Waals surface area contributed by atoms with E-state index >= 15 is 0 Å². The summed E-state index contributed by atoms with van der Waals surface area (Å²) in [6.07, 6.45) is 7.22. The largest absolute Gasteiger partial charge is 0.482 e. The number of carbonyl (C=O) groups is 2. The van der Waals surface area contributed by atoms with E-state index in [2.05, 4.69) is 15.2 Å². The molecular weight excluding hydrogens is 310 g/mol. The second-order valence-corrected chi connectivity index (χ2v) is 6.63. The Morgan fingerprint density at radius 1 is 1.38 bits per heavy atom. The maximum atomic E-state index is 11.9. The summed E-state index contributed by atoms with van der Waals surface area (Å²) in [6, 6.07) is 3.86. The summed E-state index contributed by atoms with van der Waals surface area (Å²) in [6.45, 7) is 0.918. The first-order chi connectivity index (χ1) is 11.6. The van der Waals surface area contributed by atoms with E-state index in [-0.39, 0.29) is 31.1 Å². The third-order valence-electron chi connectivity index (χ3n) is 4.53. The number of carbonyl (C=O) groups excluding carboxylic acids is 1. The Balaban J connectivity index is 1.37. The number of hydrogen-bond acceptors (Lipinski definition) is 5. The summed E-state index contributed by atoms with van der Waals surface area (Å²) >= 11 is 0. The Labute approximate surface area is 141 Å². The molecule has 1 aromatic rings. The lowest BCUT2D eigenvalue weighted by Gasteiger charge is -2.42. The minimum absolute atomic E-state index is 0.0340. The second kappa shape index (κ2) is 7.61. The van der Waals surface area contributed by atoms with Crippen molar-refractivity contribution in [3.8, 4) is 5.75 Å². The van der Waals surface area contributed by atoms with E-state index in [0.717, 1.165) is 19.4 Å². The van der Waals surface area contributed by atoms with Crippen LogP contribution in [0.25, 0.3) is 0 Å². The number of carboxylic acid groups (broad SMARTS) is 1. The van der Waals surface area contributed by atoms with E-state index in [1.807, 2.05) is 0 Å². The molecule has 0 aliphatic heterocycles. The van der Waals surface area contributed by atoms with Crippen LogP contribution in [0.3, 0.4) is 0 Å². The number of carboxylic acids is 1. The minimum Gasteiger partial charge on any atom is -0.482 e. The van der Waals surface area contributed by atoms with Crippen molar-refractivity contribution in [2.45, 2.75) is 37.8 Å². The fraction of sp³-hybridized carbons (Fsp3) is 0.588.